The summed E-state index contributed by atoms with van der Waals surface area (Å²) < 4.78 is 0.718. The second kappa shape index (κ2) is 5.09. The summed E-state index contributed by atoms with van der Waals surface area (Å²) in [6.45, 7) is 3.28. The molecule has 6 heteroatoms. The van der Waals surface area contributed by atoms with E-state index in [0.29, 0.717) is 23.1 Å². The Balaban J connectivity index is 2.34. The minimum atomic E-state index is -0.365. The Morgan fingerprint density at radius 2 is 2.16 bits per heavy atom. The van der Waals surface area contributed by atoms with Gasteiger partial charge >= 0.3 is 0 Å². The van der Waals surface area contributed by atoms with Gasteiger partial charge in [0.15, 0.2) is 0 Å². The van der Waals surface area contributed by atoms with Crippen molar-refractivity contribution in [2.24, 2.45) is 0 Å². The summed E-state index contributed by atoms with van der Waals surface area (Å²) in [6.07, 6.45) is 1.70. The van der Waals surface area contributed by atoms with E-state index in [2.05, 4.69) is 10.3 Å². The summed E-state index contributed by atoms with van der Waals surface area (Å²) in [6, 6.07) is 3.36. The predicted octanol–water partition coefficient (Wildman–Crippen LogP) is 1.86. The Kier molecular flexibility index (Phi) is 3.50. The first kappa shape index (κ1) is 13.1. The van der Waals surface area contributed by atoms with Gasteiger partial charge in [0.25, 0.3) is 0 Å². The van der Waals surface area contributed by atoms with Crippen LogP contribution in [0.25, 0.3) is 11.0 Å². The van der Waals surface area contributed by atoms with Crippen LogP contribution in [0.2, 0.25) is 0 Å². The zero-order valence-electron chi connectivity index (χ0n) is 10.8. The summed E-state index contributed by atoms with van der Waals surface area (Å²) in [5, 5.41) is 14.2. The number of hydrogen-bond donors (Lipinski definition) is 1. The van der Waals surface area contributed by atoms with Gasteiger partial charge in [-0.15, -0.1) is 0 Å². The molecule has 0 bridgehead atoms. The molecule has 1 aromatic carbocycles. The SMILES string of the molecule is CCc1cc(NC(=O)CC(C)=O)cc2ncn([O-])c12. The number of nitrogens with zero attached hydrogens (tertiary/aromatic N) is 2. The molecule has 0 aliphatic rings. The van der Waals surface area contributed by atoms with Gasteiger partial charge in [0.2, 0.25) is 5.91 Å². The number of fused-ring (bicyclic) bond motifs is 1. The van der Waals surface area contributed by atoms with Crippen molar-refractivity contribution in [3.8, 4) is 0 Å². The zero-order valence-corrected chi connectivity index (χ0v) is 10.8. The highest BCUT2D eigenvalue weighted by atomic mass is 16.5. The topological polar surface area (TPSA) is 87.0 Å². The Morgan fingerprint density at radius 3 is 2.79 bits per heavy atom. The molecule has 1 heterocycles. The maximum atomic E-state index is 11.6. The van der Waals surface area contributed by atoms with Crippen molar-refractivity contribution in [1.29, 1.82) is 0 Å². The molecule has 0 spiro atoms. The number of imidazole rings is 1. The average Bonchev–Trinajstić information content (AvgIpc) is 2.69. The molecule has 0 radical (unpaired) electrons. The molecule has 19 heavy (non-hydrogen) atoms. The molecule has 1 aromatic heterocycles. The van der Waals surface area contributed by atoms with Crippen molar-refractivity contribution in [2.45, 2.75) is 26.7 Å². The van der Waals surface area contributed by atoms with Gasteiger partial charge in [-0.2, -0.15) is 0 Å². The second-order valence-corrected chi connectivity index (χ2v) is 4.35. The highest BCUT2D eigenvalue weighted by molar-refractivity contribution is 6.04. The van der Waals surface area contributed by atoms with Crippen LogP contribution in [0.4, 0.5) is 5.69 Å². The third-order valence-electron chi connectivity index (χ3n) is 2.76. The summed E-state index contributed by atoms with van der Waals surface area (Å²) in [5.41, 5.74) is 2.41. The molecule has 0 aliphatic heterocycles. The Labute approximate surface area is 110 Å². The largest absolute Gasteiger partial charge is 0.805 e. The van der Waals surface area contributed by atoms with Gasteiger partial charge in [0, 0.05) is 5.69 Å². The molecule has 0 unspecified atom stereocenters. The molecule has 0 fully saturated rings. The minimum absolute atomic E-state index is 0.157. The minimum Gasteiger partial charge on any atom is -0.805 e. The number of amides is 1. The monoisotopic (exact) mass is 260 g/mol. The van der Waals surface area contributed by atoms with Crippen LogP contribution in [0.15, 0.2) is 18.5 Å². The molecule has 0 aliphatic carbocycles. The van der Waals surface area contributed by atoms with Crippen LogP contribution in [-0.4, -0.2) is 21.4 Å². The number of hydrogen-bond acceptors (Lipinski definition) is 4. The van der Waals surface area contributed by atoms with Crippen molar-refractivity contribution >= 4 is 28.4 Å². The molecule has 1 N–H and O–H groups in total. The van der Waals surface area contributed by atoms with Crippen molar-refractivity contribution in [3.63, 3.8) is 0 Å². The lowest BCUT2D eigenvalue weighted by Crippen LogP contribution is -2.14. The molecule has 0 atom stereocenters. The lowest BCUT2D eigenvalue weighted by Gasteiger charge is -2.12. The number of anilines is 1. The number of aromatic nitrogens is 2. The third-order valence-corrected chi connectivity index (χ3v) is 2.76. The normalized spacial score (nSPS) is 10.6. The molecule has 6 nitrogen and oxygen atoms in total. The van der Waals surface area contributed by atoms with Crippen LogP contribution in [0.1, 0.15) is 25.8 Å². The number of carbonyl (C=O) groups is 2. The summed E-state index contributed by atoms with van der Waals surface area (Å²) in [5.74, 6) is -0.561. The van der Waals surface area contributed by atoms with Crippen LogP contribution >= 0.6 is 0 Å². The van der Waals surface area contributed by atoms with Crippen molar-refractivity contribution in [2.75, 3.05) is 5.32 Å². The number of rotatable bonds is 4. The fourth-order valence-corrected chi connectivity index (χ4v) is 1.98. The van der Waals surface area contributed by atoms with Crippen LogP contribution in [0.3, 0.4) is 0 Å². The van der Waals surface area contributed by atoms with Crippen molar-refractivity contribution in [3.05, 3.63) is 29.2 Å². The standard InChI is InChI=1S/C13H14N3O3/c1-3-9-5-10(15-12(18)4-8(2)17)6-11-13(9)16(19)7-14-11/h5-7H,3-4H2,1-2H3,(H,15,18)/q-1. The number of aryl methyl sites for hydroxylation is 1. The Bertz CT molecular complexity index is 646. The highest BCUT2D eigenvalue weighted by Crippen LogP contribution is 2.23. The third kappa shape index (κ3) is 2.73. The zero-order chi connectivity index (χ0) is 14.0. The first-order valence-corrected chi connectivity index (χ1v) is 5.98. The van der Waals surface area contributed by atoms with E-state index in [1.807, 2.05) is 6.92 Å². The fraction of sp³-hybridized carbons (Fsp3) is 0.308. The lowest BCUT2D eigenvalue weighted by atomic mass is 10.1. The molecular formula is C13H14N3O3-. The van der Waals surface area contributed by atoms with Gasteiger partial charge in [-0.1, -0.05) is 6.92 Å². The number of benzene rings is 1. The summed E-state index contributed by atoms with van der Waals surface area (Å²) >= 11 is 0. The van der Waals surface area contributed by atoms with Crippen LogP contribution in [0.5, 0.6) is 0 Å². The van der Waals surface area contributed by atoms with Crippen LogP contribution < -0.4 is 5.32 Å². The molecular weight excluding hydrogens is 246 g/mol. The van der Waals surface area contributed by atoms with Crippen molar-refractivity contribution < 1.29 is 9.59 Å². The van der Waals surface area contributed by atoms with E-state index in [0.717, 1.165) is 10.3 Å². The van der Waals surface area contributed by atoms with E-state index in [-0.39, 0.29) is 18.1 Å². The van der Waals surface area contributed by atoms with E-state index in [9.17, 15) is 14.8 Å². The van der Waals surface area contributed by atoms with Gasteiger partial charge < -0.3 is 15.3 Å². The molecule has 0 saturated carbocycles. The smallest absolute Gasteiger partial charge is 0.231 e. The van der Waals surface area contributed by atoms with Gasteiger partial charge in [-0.25, -0.2) is 4.98 Å². The van der Waals surface area contributed by atoms with Crippen molar-refractivity contribution in [1.82, 2.24) is 9.71 Å². The van der Waals surface area contributed by atoms with Gasteiger partial charge in [-0.3, -0.25) is 9.59 Å². The molecule has 1 amide bonds. The Hall–Kier alpha value is -2.37. The molecule has 2 aromatic rings. The highest BCUT2D eigenvalue weighted by Gasteiger charge is 2.10. The van der Waals surface area contributed by atoms with E-state index in [1.165, 1.54) is 13.3 Å². The number of carbonyl (C=O) groups excluding carboxylic acids is 2. The fourth-order valence-electron chi connectivity index (χ4n) is 1.98. The first-order chi connectivity index (χ1) is 9.01. The Morgan fingerprint density at radius 1 is 1.42 bits per heavy atom. The van der Waals surface area contributed by atoms with E-state index in [4.69, 9.17) is 0 Å². The quantitative estimate of drug-likeness (QED) is 0.850. The molecule has 100 valence electrons. The first-order valence-electron chi connectivity index (χ1n) is 5.98. The maximum absolute atomic E-state index is 11.6. The molecule has 2 rings (SSSR count). The lowest BCUT2D eigenvalue weighted by molar-refractivity contribution is -0.124. The number of nitrogens with one attached hydrogen (secondary N) is 1. The summed E-state index contributed by atoms with van der Waals surface area (Å²) in [4.78, 5) is 26.4. The maximum Gasteiger partial charge on any atom is 0.231 e. The van der Waals surface area contributed by atoms with E-state index in [1.54, 1.807) is 12.1 Å². The summed E-state index contributed by atoms with van der Waals surface area (Å²) in [7, 11) is 0. The van der Waals surface area contributed by atoms with Gasteiger partial charge in [0.05, 0.1) is 23.8 Å². The number of ketones is 1. The predicted molar refractivity (Wildman–Crippen MR) is 71.8 cm³/mol. The van der Waals surface area contributed by atoms with Crippen LogP contribution in [-0.2, 0) is 16.0 Å². The number of Topliss-reactive ketones (excluding diaryl/α,β-unsaturated/α-hetero) is 1. The van der Waals surface area contributed by atoms with E-state index >= 15 is 0 Å². The van der Waals surface area contributed by atoms with Gasteiger partial charge in [0.1, 0.15) is 5.78 Å². The second-order valence-electron chi connectivity index (χ2n) is 4.35. The van der Waals surface area contributed by atoms with Crippen LogP contribution in [0, 0.1) is 5.21 Å². The van der Waals surface area contributed by atoms with E-state index < -0.39 is 0 Å². The van der Waals surface area contributed by atoms with Gasteiger partial charge in [-0.05, 0) is 31.0 Å². The molecule has 0 saturated heterocycles. The average molecular weight is 260 g/mol.